The minimum Gasteiger partial charge on any atom is -0.472 e. The van der Waals surface area contributed by atoms with Gasteiger partial charge in [0.15, 0.2) is 0 Å². The van der Waals surface area contributed by atoms with Crippen molar-refractivity contribution in [2.45, 2.75) is 19.9 Å². The highest BCUT2D eigenvalue weighted by molar-refractivity contribution is 5.12. The Kier molecular flexibility index (Phi) is 6.26. The Balaban J connectivity index is 2.70. The molecular formula is C13H24N2O2. The maximum Gasteiger partial charge on any atom is 0.0950 e. The summed E-state index contributed by atoms with van der Waals surface area (Å²) < 4.78 is 10.3. The molecule has 1 atom stereocenters. The fraction of sp³-hybridized carbons (Fsp3) is 0.692. The van der Waals surface area contributed by atoms with Crippen LogP contribution in [0.5, 0.6) is 0 Å². The number of rotatable bonds is 8. The summed E-state index contributed by atoms with van der Waals surface area (Å²) in [5, 5.41) is 0. The molecule has 2 N–H and O–H groups in total. The molecule has 0 saturated carbocycles. The molecule has 0 aliphatic heterocycles. The summed E-state index contributed by atoms with van der Waals surface area (Å²) in [6.07, 6.45) is 3.47. The Hall–Kier alpha value is -0.840. The molecule has 0 amide bonds. The van der Waals surface area contributed by atoms with Gasteiger partial charge in [0, 0.05) is 32.3 Å². The average Bonchev–Trinajstić information content (AvgIpc) is 2.79. The summed E-state index contributed by atoms with van der Waals surface area (Å²) in [5.74, 6) is 0.604. The molecule has 98 valence electrons. The molecule has 0 aliphatic rings. The van der Waals surface area contributed by atoms with Crippen LogP contribution in [0.15, 0.2) is 23.0 Å². The molecule has 0 spiro atoms. The van der Waals surface area contributed by atoms with E-state index in [4.69, 9.17) is 14.9 Å². The van der Waals surface area contributed by atoms with Crippen molar-refractivity contribution in [2.75, 3.05) is 33.4 Å². The van der Waals surface area contributed by atoms with Gasteiger partial charge in [-0.3, -0.25) is 4.90 Å². The zero-order valence-electron chi connectivity index (χ0n) is 11.1. The van der Waals surface area contributed by atoms with Crippen molar-refractivity contribution in [3.8, 4) is 0 Å². The van der Waals surface area contributed by atoms with Crippen molar-refractivity contribution in [3.05, 3.63) is 24.2 Å². The molecular weight excluding hydrogens is 216 g/mol. The van der Waals surface area contributed by atoms with Gasteiger partial charge in [0.2, 0.25) is 0 Å². The number of ether oxygens (including phenoxy) is 1. The predicted molar refractivity (Wildman–Crippen MR) is 68.8 cm³/mol. The Morgan fingerprint density at radius 3 is 2.71 bits per heavy atom. The summed E-state index contributed by atoms with van der Waals surface area (Å²) in [5.41, 5.74) is 7.03. The van der Waals surface area contributed by atoms with Gasteiger partial charge < -0.3 is 14.9 Å². The molecule has 0 saturated heterocycles. The lowest BCUT2D eigenvalue weighted by atomic mass is 10.1. The molecule has 1 aromatic rings. The zero-order valence-corrected chi connectivity index (χ0v) is 11.1. The van der Waals surface area contributed by atoms with E-state index in [9.17, 15) is 0 Å². The van der Waals surface area contributed by atoms with Crippen LogP contribution in [-0.2, 0) is 4.74 Å². The van der Waals surface area contributed by atoms with Crippen LogP contribution in [0.3, 0.4) is 0 Å². The van der Waals surface area contributed by atoms with Gasteiger partial charge in [-0.05, 0) is 12.0 Å². The lowest BCUT2D eigenvalue weighted by Gasteiger charge is -2.31. The van der Waals surface area contributed by atoms with Crippen LogP contribution >= 0.6 is 0 Å². The summed E-state index contributed by atoms with van der Waals surface area (Å²) in [6, 6.07) is 2.20. The first-order chi connectivity index (χ1) is 8.19. The number of nitrogens with two attached hydrogens (primary N) is 1. The van der Waals surface area contributed by atoms with Crippen LogP contribution in [0.2, 0.25) is 0 Å². The van der Waals surface area contributed by atoms with E-state index in [0.29, 0.717) is 12.5 Å². The second-order valence-electron chi connectivity index (χ2n) is 4.69. The molecule has 4 nitrogen and oxygen atoms in total. The third-order valence-electron chi connectivity index (χ3n) is 2.77. The molecule has 0 aromatic carbocycles. The SMILES string of the molecule is COCCN(CC(C)C)C(CN)c1ccoc1. The first-order valence-corrected chi connectivity index (χ1v) is 6.14. The largest absolute Gasteiger partial charge is 0.472 e. The van der Waals surface area contributed by atoms with Crippen LogP contribution < -0.4 is 5.73 Å². The topological polar surface area (TPSA) is 51.6 Å². The van der Waals surface area contributed by atoms with Crippen LogP contribution in [-0.4, -0.2) is 38.3 Å². The van der Waals surface area contributed by atoms with Gasteiger partial charge in [0.25, 0.3) is 0 Å². The molecule has 4 heteroatoms. The predicted octanol–water partition coefficient (Wildman–Crippen LogP) is 1.88. The van der Waals surface area contributed by atoms with E-state index >= 15 is 0 Å². The fourth-order valence-corrected chi connectivity index (χ4v) is 2.01. The minimum atomic E-state index is 0.214. The standard InChI is InChI=1S/C13H24N2O2/c1-11(2)9-15(5-7-16-3)13(8-14)12-4-6-17-10-12/h4,6,10-11,13H,5,7-9,14H2,1-3H3. The summed E-state index contributed by atoms with van der Waals surface area (Å²) in [4.78, 5) is 2.36. The second kappa shape index (κ2) is 7.48. The van der Waals surface area contributed by atoms with Gasteiger partial charge in [-0.2, -0.15) is 0 Å². The fourth-order valence-electron chi connectivity index (χ4n) is 2.01. The Morgan fingerprint density at radius 1 is 1.47 bits per heavy atom. The van der Waals surface area contributed by atoms with E-state index in [2.05, 4.69) is 18.7 Å². The van der Waals surface area contributed by atoms with E-state index in [1.54, 1.807) is 19.6 Å². The summed E-state index contributed by atoms with van der Waals surface area (Å²) >= 11 is 0. The first kappa shape index (κ1) is 14.2. The van der Waals surface area contributed by atoms with Crippen LogP contribution in [0.1, 0.15) is 25.5 Å². The van der Waals surface area contributed by atoms with Gasteiger partial charge in [-0.1, -0.05) is 13.8 Å². The lowest BCUT2D eigenvalue weighted by molar-refractivity contribution is 0.111. The van der Waals surface area contributed by atoms with Crippen molar-refractivity contribution < 1.29 is 9.15 Å². The van der Waals surface area contributed by atoms with E-state index in [-0.39, 0.29) is 6.04 Å². The van der Waals surface area contributed by atoms with E-state index < -0.39 is 0 Å². The number of furan rings is 1. The Bertz CT molecular complexity index is 286. The molecule has 0 fully saturated rings. The second-order valence-corrected chi connectivity index (χ2v) is 4.69. The Morgan fingerprint density at radius 2 is 2.24 bits per heavy atom. The van der Waals surface area contributed by atoms with Crippen LogP contribution in [0, 0.1) is 5.92 Å². The van der Waals surface area contributed by atoms with Crippen LogP contribution in [0.25, 0.3) is 0 Å². The van der Waals surface area contributed by atoms with Gasteiger partial charge in [0.05, 0.1) is 25.2 Å². The van der Waals surface area contributed by atoms with Crippen LogP contribution in [0.4, 0.5) is 0 Å². The lowest BCUT2D eigenvalue weighted by Crippen LogP contribution is -2.38. The third kappa shape index (κ3) is 4.50. The minimum absolute atomic E-state index is 0.214. The van der Waals surface area contributed by atoms with Crippen molar-refractivity contribution >= 4 is 0 Å². The molecule has 1 aromatic heterocycles. The van der Waals surface area contributed by atoms with Crippen molar-refractivity contribution in [3.63, 3.8) is 0 Å². The summed E-state index contributed by atoms with van der Waals surface area (Å²) in [6.45, 7) is 7.64. The van der Waals surface area contributed by atoms with Crippen molar-refractivity contribution in [1.29, 1.82) is 0 Å². The molecule has 1 unspecified atom stereocenters. The van der Waals surface area contributed by atoms with Crippen molar-refractivity contribution in [2.24, 2.45) is 11.7 Å². The maximum absolute atomic E-state index is 5.89. The van der Waals surface area contributed by atoms with E-state index in [1.165, 1.54) is 0 Å². The zero-order chi connectivity index (χ0) is 12.7. The third-order valence-corrected chi connectivity index (χ3v) is 2.77. The first-order valence-electron chi connectivity index (χ1n) is 6.14. The van der Waals surface area contributed by atoms with E-state index in [1.807, 2.05) is 6.07 Å². The highest BCUT2D eigenvalue weighted by Gasteiger charge is 2.20. The number of hydrogen-bond acceptors (Lipinski definition) is 4. The summed E-state index contributed by atoms with van der Waals surface area (Å²) in [7, 11) is 1.73. The number of nitrogens with zero attached hydrogens (tertiary/aromatic N) is 1. The highest BCUT2D eigenvalue weighted by atomic mass is 16.5. The van der Waals surface area contributed by atoms with Gasteiger partial charge >= 0.3 is 0 Å². The smallest absolute Gasteiger partial charge is 0.0950 e. The Labute approximate surface area is 104 Å². The van der Waals surface area contributed by atoms with Gasteiger partial charge in [0.1, 0.15) is 0 Å². The molecule has 0 aliphatic carbocycles. The molecule has 17 heavy (non-hydrogen) atoms. The molecule has 0 radical (unpaired) electrons. The number of hydrogen-bond donors (Lipinski definition) is 1. The quantitative estimate of drug-likeness (QED) is 0.754. The molecule has 1 rings (SSSR count). The van der Waals surface area contributed by atoms with Gasteiger partial charge in [-0.25, -0.2) is 0 Å². The average molecular weight is 240 g/mol. The van der Waals surface area contributed by atoms with E-state index in [0.717, 1.165) is 25.3 Å². The monoisotopic (exact) mass is 240 g/mol. The highest BCUT2D eigenvalue weighted by Crippen LogP contribution is 2.21. The maximum atomic E-state index is 5.89. The molecule has 1 heterocycles. The number of methoxy groups -OCH3 is 1. The van der Waals surface area contributed by atoms with Crippen molar-refractivity contribution in [1.82, 2.24) is 4.90 Å². The normalized spacial score (nSPS) is 13.5. The molecule has 0 bridgehead atoms. The van der Waals surface area contributed by atoms with Gasteiger partial charge in [-0.15, -0.1) is 0 Å².